The van der Waals surface area contributed by atoms with Gasteiger partial charge in [-0.1, -0.05) is 13.0 Å². The van der Waals surface area contributed by atoms with Crippen LogP contribution >= 0.6 is 0 Å². The Kier molecular flexibility index (Phi) is 7.16. The maximum absolute atomic E-state index is 13.7. The minimum Gasteiger partial charge on any atom is -0.322 e. The highest BCUT2D eigenvalue weighted by molar-refractivity contribution is 7.89. The average Bonchev–Trinajstić information content (AvgIpc) is 2.68. The lowest BCUT2D eigenvalue weighted by Crippen LogP contribution is -2.38. The van der Waals surface area contributed by atoms with E-state index in [0.717, 1.165) is 16.4 Å². The number of nitrogens with zero attached hydrogens (tertiary/aromatic N) is 2. The SMILES string of the molecule is CCCN(CC(=O)Nc1ccc(F)c(F)c1F)S(=O)(=O)c1ccc(C)c([N+](=O)[O-])c1. The van der Waals surface area contributed by atoms with E-state index in [-0.39, 0.29) is 17.0 Å². The van der Waals surface area contributed by atoms with Gasteiger partial charge in [-0.2, -0.15) is 4.31 Å². The molecular formula is C18H18F3N3O5S. The molecule has 0 atom stereocenters. The smallest absolute Gasteiger partial charge is 0.273 e. The Bertz CT molecular complexity index is 1090. The molecule has 30 heavy (non-hydrogen) atoms. The third-order valence-corrected chi connectivity index (χ3v) is 5.96. The molecule has 0 unspecified atom stereocenters. The molecule has 0 saturated heterocycles. The van der Waals surface area contributed by atoms with E-state index in [1.165, 1.54) is 19.1 Å². The van der Waals surface area contributed by atoms with Crippen LogP contribution < -0.4 is 5.32 Å². The van der Waals surface area contributed by atoms with Crippen molar-refractivity contribution in [3.05, 3.63) is 63.5 Å². The maximum Gasteiger partial charge on any atom is 0.273 e. The highest BCUT2D eigenvalue weighted by Crippen LogP contribution is 2.25. The zero-order valence-electron chi connectivity index (χ0n) is 16.0. The molecule has 0 aromatic heterocycles. The Morgan fingerprint density at radius 2 is 1.83 bits per heavy atom. The molecule has 0 spiro atoms. The standard InChI is InChI=1S/C18H18F3N3O5S/c1-3-8-23(10-16(25)22-14-7-6-13(19)17(20)18(14)21)30(28,29)12-5-4-11(2)15(9-12)24(26)27/h4-7,9H,3,8,10H2,1-2H3,(H,22,25). The Balaban J connectivity index is 2.30. The largest absolute Gasteiger partial charge is 0.322 e. The summed E-state index contributed by atoms with van der Waals surface area (Å²) < 4.78 is 66.6. The fourth-order valence-corrected chi connectivity index (χ4v) is 4.11. The molecule has 162 valence electrons. The van der Waals surface area contributed by atoms with Gasteiger partial charge in [-0.25, -0.2) is 21.6 Å². The molecule has 1 N–H and O–H groups in total. The van der Waals surface area contributed by atoms with Crippen LogP contribution in [-0.2, 0) is 14.8 Å². The quantitative estimate of drug-likeness (QED) is 0.381. The predicted octanol–water partition coefficient (Wildman–Crippen LogP) is 3.36. The summed E-state index contributed by atoms with van der Waals surface area (Å²) in [6, 6.07) is 4.74. The second kappa shape index (κ2) is 9.22. The van der Waals surface area contributed by atoms with Crippen LogP contribution in [0, 0.1) is 34.5 Å². The number of benzene rings is 2. The van der Waals surface area contributed by atoms with Crippen molar-refractivity contribution < 1.29 is 31.3 Å². The van der Waals surface area contributed by atoms with Crippen molar-refractivity contribution in [1.82, 2.24) is 4.31 Å². The number of halogens is 3. The van der Waals surface area contributed by atoms with E-state index in [1.807, 2.05) is 5.32 Å². The first-order valence-corrected chi connectivity index (χ1v) is 10.1. The molecule has 0 saturated carbocycles. The van der Waals surface area contributed by atoms with E-state index in [2.05, 4.69) is 0 Å². The summed E-state index contributed by atoms with van der Waals surface area (Å²) in [6.07, 6.45) is 0.306. The molecule has 0 aliphatic heterocycles. The van der Waals surface area contributed by atoms with Gasteiger partial charge in [0.1, 0.15) is 0 Å². The van der Waals surface area contributed by atoms with Gasteiger partial charge in [0.25, 0.3) is 5.69 Å². The zero-order chi connectivity index (χ0) is 22.6. The normalized spacial score (nSPS) is 11.5. The number of nitro groups is 1. The van der Waals surface area contributed by atoms with Crippen molar-refractivity contribution in [2.75, 3.05) is 18.4 Å². The minimum absolute atomic E-state index is 0.113. The fraction of sp³-hybridized carbons (Fsp3) is 0.278. The van der Waals surface area contributed by atoms with Crippen molar-refractivity contribution in [3.8, 4) is 0 Å². The Morgan fingerprint density at radius 1 is 1.17 bits per heavy atom. The summed E-state index contributed by atoms with van der Waals surface area (Å²) in [6.45, 7) is 2.21. The summed E-state index contributed by atoms with van der Waals surface area (Å²) in [5, 5.41) is 13.1. The molecule has 0 fully saturated rings. The van der Waals surface area contributed by atoms with Crippen LogP contribution in [0.3, 0.4) is 0 Å². The summed E-state index contributed by atoms with van der Waals surface area (Å²) in [4.78, 5) is 22.2. The highest BCUT2D eigenvalue weighted by Gasteiger charge is 2.28. The van der Waals surface area contributed by atoms with Crippen LogP contribution in [0.1, 0.15) is 18.9 Å². The molecule has 8 nitrogen and oxygen atoms in total. The van der Waals surface area contributed by atoms with Crippen molar-refractivity contribution in [2.45, 2.75) is 25.2 Å². The highest BCUT2D eigenvalue weighted by atomic mass is 32.2. The zero-order valence-corrected chi connectivity index (χ0v) is 16.8. The maximum atomic E-state index is 13.7. The molecule has 0 bridgehead atoms. The number of carbonyl (C=O) groups is 1. The lowest BCUT2D eigenvalue weighted by molar-refractivity contribution is -0.385. The minimum atomic E-state index is -4.31. The number of hydrogen-bond donors (Lipinski definition) is 1. The van der Waals surface area contributed by atoms with E-state index in [4.69, 9.17) is 0 Å². The van der Waals surface area contributed by atoms with Crippen LogP contribution in [0.2, 0.25) is 0 Å². The first-order chi connectivity index (χ1) is 14.0. The molecule has 0 radical (unpaired) electrons. The number of amides is 1. The molecule has 12 heteroatoms. The number of anilines is 1. The van der Waals surface area contributed by atoms with Crippen molar-refractivity contribution in [1.29, 1.82) is 0 Å². The first-order valence-electron chi connectivity index (χ1n) is 8.67. The summed E-state index contributed by atoms with van der Waals surface area (Å²) in [5.74, 6) is -5.85. The van der Waals surface area contributed by atoms with Gasteiger partial charge in [0.05, 0.1) is 22.1 Å². The molecule has 2 rings (SSSR count). The van der Waals surface area contributed by atoms with E-state index < -0.39 is 56.2 Å². The molecule has 1 amide bonds. The second-order valence-electron chi connectivity index (χ2n) is 6.32. The van der Waals surface area contributed by atoms with Gasteiger partial charge >= 0.3 is 0 Å². The van der Waals surface area contributed by atoms with Gasteiger partial charge < -0.3 is 5.32 Å². The number of sulfonamides is 1. The van der Waals surface area contributed by atoms with Gasteiger partial charge in [0, 0.05) is 18.2 Å². The second-order valence-corrected chi connectivity index (χ2v) is 8.25. The molecule has 0 aliphatic rings. The monoisotopic (exact) mass is 445 g/mol. The van der Waals surface area contributed by atoms with Crippen LogP contribution in [0.5, 0.6) is 0 Å². The van der Waals surface area contributed by atoms with Gasteiger partial charge in [-0.05, 0) is 31.5 Å². The van der Waals surface area contributed by atoms with E-state index in [9.17, 15) is 36.5 Å². The topological polar surface area (TPSA) is 110 Å². The van der Waals surface area contributed by atoms with Crippen molar-refractivity contribution in [2.24, 2.45) is 0 Å². The number of carbonyl (C=O) groups excluding carboxylic acids is 1. The number of rotatable bonds is 8. The van der Waals surface area contributed by atoms with Crippen LogP contribution in [0.15, 0.2) is 35.2 Å². The third kappa shape index (κ3) is 4.94. The molecule has 2 aromatic rings. The van der Waals surface area contributed by atoms with E-state index >= 15 is 0 Å². The molecule has 0 heterocycles. The van der Waals surface area contributed by atoms with Crippen LogP contribution in [0.25, 0.3) is 0 Å². The lowest BCUT2D eigenvalue weighted by atomic mass is 10.2. The Morgan fingerprint density at radius 3 is 2.43 bits per heavy atom. The number of nitrogens with one attached hydrogen (secondary N) is 1. The number of aryl methyl sites for hydroxylation is 1. The van der Waals surface area contributed by atoms with Crippen LogP contribution in [-0.4, -0.2) is 36.6 Å². The summed E-state index contributed by atoms with van der Waals surface area (Å²) in [5.41, 5.74) is -0.799. The molecular weight excluding hydrogens is 427 g/mol. The third-order valence-electron chi connectivity index (χ3n) is 4.12. The van der Waals surface area contributed by atoms with Gasteiger partial charge in [-0.3, -0.25) is 14.9 Å². The number of hydrogen-bond acceptors (Lipinski definition) is 5. The first kappa shape index (κ1) is 23.3. The summed E-state index contributed by atoms with van der Waals surface area (Å²) in [7, 11) is -4.31. The average molecular weight is 445 g/mol. The van der Waals surface area contributed by atoms with Crippen LogP contribution in [0.4, 0.5) is 24.5 Å². The lowest BCUT2D eigenvalue weighted by Gasteiger charge is -2.21. The van der Waals surface area contributed by atoms with Gasteiger partial charge in [-0.15, -0.1) is 0 Å². The van der Waals surface area contributed by atoms with E-state index in [1.54, 1.807) is 6.92 Å². The molecule has 2 aromatic carbocycles. The van der Waals surface area contributed by atoms with Gasteiger partial charge in [0.15, 0.2) is 17.5 Å². The molecule has 0 aliphatic carbocycles. The fourth-order valence-electron chi connectivity index (χ4n) is 2.60. The van der Waals surface area contributed by atoms with Crippen molar-refractivity contribution in [3.63, 3.8) is 0 Å². The van der Waals surface area contributed by atoms with Crippen molar-refractivity contribution >= 4 is 27.3 Å². The summed E-state index contributed by atoms with van der Waals surface area (Å²) >= 11 is 0. The predicted molar refractivity (Wildman–Crippen MR) is 102 cm³/mol. The number of nitro benzene ring substituents is 1. The Labute approximate surface area is 170 Å². The van der Waals surface area contributed by atoms with Gasteiger partial charge in [0.2, 0.25) is 15.9 Å². The van der Waals surface area contributed by atoms with E-state index in [0.29, 0.717) is 12.5 Å². The Hall–Kier alpha value is -2.99.